The Labute approximate surface area is 209 Å². The summed E-state index contributed by atoms with van der Waals surface area (Å²) in [5.41, 5.74) is 7.69. The van der Waals surface area contributed by atoms with E-state index >= 15 is 0 Å². The fraction of sp³-hybridized carbons (Fsp3) is 0.250. The van der Waals surface area contributed by atoms with Crippen molar-refractivity contribution in [3.8, 4) is 22.4 Å². The Balaban J connectivity index is 1.13. The second-order valence-electron chi connectivity index (χ2n) is 8.79. The molecule has 0 fully saturated rings. The van der Waals surface area contributed by atoms with E-state index < -0.39 is 5.97 Å². The molecule has 2 heterocycles. The first-order valence-corrected chi connectivity index (χ1v) is 12.3. The maximum absolute atomic E-state index is 12.0. The Morgan fingerprint density at radius 1 is 1.00 bits per heavy atom. The summed E-state index contributed by atoms with van der Waals surface area (Å²) in [5.74, 6) is -0.911. The quantitative estimate of drug-likeness (QED) is 0.314. The minimum absolute atomic E-state index is 0.322. The van der Waals surface area contributed by atoms with Crippen LogP contribution in [0.3, 0.4) is 0 Å². The highest BCUT2D eigenvalue weighted by atomic mass is 35.5. The number of halogens is 1. The minimum Gasteiger partial charge on any atom is -0.477 e. The SMILES string of the molecule is O=C(O)c1c2c(nn1CCCNCCc1ccc(-c3ccc(Cl)cc3)cc1)-c1ccncc1CC2. The van der Waals surface area contributed by atoms with Crippen LogP contribution >= 0.6 is 11.6 Å². The van der Waals surface area contributed by atoms with Crippen molar-refractivity contribution in [1.82, 2.24) is 20.1 Å². The van der Waals surface area contributed by atoms with Crippen LogP contribution in [0.4, 0.5) is 0 Å². The summed E-state index contributed by atoms with van der Waals surface area (Å²) in [6.07, 6.45) is 6.81. The van der Waals surface area contributed by atoms with Gasteiger partial charge in [0, 0.05) is 35.1 Å². The van der Waals surface area contributed by atoms with Crippen molar-refractivity contribution in [3.63, 3.8) is 0 Å². The number of aromatic nitrogens is 3. The predicted molar refractivity (Wildman–Crippen MR) is 138 cm³/mol. The van der Waals surface area contributed by atoms with Crippen molar-refractivity contribution in [1.29, 1.82) is 0 Å². The fourth-order valence-electron chi connectivity index (χ4n) is 4.69. The highest BCUT2D eigenvalue weighted by Gasteiger charge is 2.27. The zero-order valence-electron chi connectivity index (χ0n) is 19.4. The molecule has 2 aromatic carbocycles. The molecule has 35 heavy (non-hydrogen) atoms. The van der Waals surface area contributed by atoms with Crippen molar-refractivity contribution in [2.24, 2.45) is 0 Å². The number of aromatic carboxylic acids is 1. The minimum atomic E-state index is -0.911. The number of hydrogen-bond donors (Lipinski definition) is 2. The summed E-state index contributed by atoms with van der Waals surface area (Å²) in [4.78, 5) is 16.2. The first kappa shape index (κ1) is 23.3. The lowest BCUT2D eigenvalue weighted by atomic mass is 9.90. The second kappa shape index (κ2) is 10.4. The average Bonchev–Trinajstić information content (AvgIpc) is 3.26. The number of carboxylic acids is 1. The van der Waals surface area contributed by atoms with E-state index in [1.54, 1.807) is 10.9 Å². The molecule has 0 saturated heterocycles. The lowest BCUT2D eigenvalue weighted by Gasteiger charge is -2.14. The third-order valence-electron chi connectivity index (χ3n) is 6.50. The lowest BCUT2D eigenvalue weighted by molar-refractivity contribution is 0.0681. The van der Waals surface area contributed by atoms with Gasteiger partial charge in [-0.3, -0.25) is 9.67 Å². The number of rotatable bonds is 9. The summed E-state index contributed by atoms with van der Waals surface area (Å²) in [6.45, 7) is 2.23. The smallest absolute Gasteiger partial charge is 0.354 e. The number of nitrogens with zero attached hydrogens (tertiary/aromatic N) is 3. The lowest BCUT2D eigenvalue weighted by Crippen LogP contribution is -2.21. The molecule has 2 N–H and O–H groups in total. The fourth-order valence-corrected chi connectivity index (χ4v) is 4.81. The van der Waals surface area contributed by atoms with Crippen LogP contribution in [0, 0.1) is 0 Å². The van der Waals surface area contributed by atoms with E-state index in [-0.39, 0.29) is 0 Å². The van der Waals surface area contributed by atoms with Gasteiger partial charge in [0.15, 0.2) is 0 Å². The molecular formula is C28H27ClN4O2. The number of carbonyl (C=O) groups is 1. The monoisotopic (exact) mass is 486 g/mol. The molecule has 2 aromatic heterocycles. The zero-order valence-corrected chi connectivity index (χ0v) is 20.1. The van der Waals surface area contributed by atoms with Crippen molar-refractivity contribution in [3.05, 3.63) is 94.4 Å². The molecule has 0 unspecified atom stereocenters. The number of fused-ring (bicyclic) bond motifs is 3. The highest BCUT2D eigenvalue weighted by Crippen LogP contribution is 2.34. The standard InChI is InChI=1S/C28H27ClN4O2/c29-23-9-6-21(7-10-23)20-4-2-19(3-5-20)12-15-30-14-1-17-33-27(28(34)35)25-11-8-22-18-31-16-13-24(22)26(25)32-33/h2-7,9-10,13,16,18,30H,1,8,11-12,14-15,17H2,(H,34,35). The highest BCUT2D eigenvalue weighted by molar-refractivity contribution is 6.30. The van der Waals surface area contributed by atoms with Gasteiger partial charge in [-0.2, -0.15) is 5.10 Å². The molecule has 0 bridgehead atoms. The second-order valence-corrected chi connectivity index (χ2v) is 9.23. The van der Waals surface area contributed by atoms with Crippen molar-refractivity contribution < 1.29 is 9.90 Å². The van der Waals surface area contributed by atoms with Gasteiger partial charge in [0.1, 0.15) is 5.69 Å². The maximum Gasteiger partial charge on any atom is 0.354 e. The molecule has 4 aromatic rings. The third-order valence-corrected chi connectivity index (χ3v) is 6.75. The summed E-state index contributed by atoms with van der Waals surface area (Å²) < 4.78 is 1.67. The molecule has 5 rings (SSSR count). The molecule has 0 saturated carbocycles. The van der Waals surface area contributed by atoms with Crippen LogP contribution in [-0.4, -0.2) is 38.9 Å². The molecule has 0 spiro atoms. The van der Waals surface area contributed by atoms with Gasteiger partial charge in [-0.25, -0.2) is 4.79 Å². The van der Waals surface area contributed by atoms with Crippen molar-refractivity contribution in [2.45, 2.75) is 32.2 Å². The number of pyridine rings is 1. The van der Waals surface area contributed by atoms with Gasteiger partial charge in [-0.15, -0.1) is 0 Å². The van der Waals surface area contributed by atoms with E-state index in [4.69, 9.17) is 11.6 Å². The van der Waals surface area contributed by atoms with E-state index in [1.807, 2.05) is 36.5 Å². The summed E-state index contributed by atoms with van der Waals surface area (Å²) in [5, 5.41) is 18.7. The summed E-state index contributed by atoms with van der Waals surface area (Å²) in [7, 11) is 0. The Bertz CT molecular complexity index is 1330. The molecule has 0 radical (unpaired) electrons. The van der Waals surface area contributed by atoms with E-state index in [2.05, 4.69) is 39.7 Å². The predicted octanol–water partition coefficient (Wildman–Crippen LogP) is 5.28. The van der Waals surface area contributed by atoms with Crippen LogP contribution in [0.15, 0.2) is 67.0 Å². The van der Waals surface area contributed by atoms with E-state index in [9.17, 15) is 9.90 Å². The number of carboxylic acid groups (broad SMARTS) is 1. The van der Waals surface area contributed by atoms with Gasteiger partial charge >= 0.3 is 5.97 Å². The Kier molecular flexibility index (Phi) is 6.93. The average molecular weight is 487 g/mol. The molecule has 0 aliphatic heterocycles. The summed E-state index contributed by atoms with van der Waals surface area (Å²) >= 11 is 5.98. The van der Waals surface area contributed by atoms with Crippen LogP contribution in [0.5, 0.6) is 0 Å². The Morgan fingerprint density at radius 3 is 2.49 bits per heavy atom. The third kappa shape index (κ3) is 5.14. The molecule has 0 amide bonds. The molecule has 178 valence electrons. The summed E-state index contributed by atoms with van der Waals surface area (Å²) in [6, 6.07) is 18.4. The topological polar surface area (TPSA) is 80.0 Å². The van der Waals surface area contributed by atoms with Crippen molar-refractivity contribution >= 4 is 17.6 Å². The number of nitrogens with one attached hydrogen (secondary N) is 1. The van der Waals surface area contributed by atoms with Crippen LogP contribution in [-0.2, 0) is 25.8 Å². The Morgan fingerprint density at radius 2 is 1.74 bits per heavy atom. The molecule has 0 atom stereocenters. The van der Waals surface area contributed by atoms with E-state index in [1.165, 1.54) is 11.1 Å². The van der Waals surface area contributed by atoms with Gasteiger partial charge < -0.3 is 10.4 Å². The largest absolute Gasteiger partial charge is 0.477 e. The normalized spacial score (nSPS) is 12.3. The van der Waals surface area contributed by atoms with Crippen LogP contribution in [0.1, 0.15) is 33.6 Å². The van der Waals surface area contributed by atoms with Gasteiger partial charge in [0.05, 0.1) is 5.69 Å². The number of benzene rings is 2. The van der Waals surface area contributed by atoms with E-state index in [0.29, 0.717) is 18.7 Å². The molecular weight excluding hydrogens is 460 g/mol. The van der Waals surface area contributed by atoms with Gasteiger partial charge in [-0.05, 0) is 79.2 Å². The first-order chi connectivity index (χ1) is 17.1. The number of aryl methyl sites for hydroxylation is 2. The Hall–Kier alpha value is -3.48. The number of hydrogen-bond acceptors (Lipinski definition) is 4. The van der Waals surface area contributed by atoms with Crippen LogP contribution < -0.4 is 5.32 Å². The first-order valence-electron chi connectivity index (χ1n) is 11.9. The zero-order chi connectivity index (χ0) is 24.2. The van der Waals surface area contributed by atoms with Crippen molar-refractivity contribution in [2.75, 3.05) is 13.1 Å². The van der Waals surface area contributed by atoms with E-state index in [0.717, 1.165) is 65.3 Å². The van der Waals surface area contributed by atoms with Gasteiger partial charge in [-0.1, -0.05) is 48.0 Å². The molecule has 7 heteroatoms. The van der Waals surface area contributed by atoms with Gasteiger partial charge in [0.2, 0.25) is 0 Å². The molecule has 1 aliphatic rings. The van der Waals surface area contributed by atoms with Crippen LogP contribution in [0.2, 0.25) is 5.02 Å². The van der Waals surface area contributed by atoms with Gasteiger partial charge in [0.25, 0.3) is 0 Å². The molecule has 1 aliphatic carbocycles. The molecule has 6 nitrogen and oxygen atoms in total. The van der Waals surface area contributed by atoms with Crippen LogP contribution in [0.25, 0.3) is 22.4 Å². The maximum atomic E-state index is 12.0.